The fourth-order valence-electron chi connectivity index (χ4n) is 2.61. The third kappa shape index (κ3) is 3.77. The van der Waals surface area contributed by atoms with Gasteiger partial charge in [-0.2, -0.15) is 0 Å². The van der Waals surface area contributed by atoms with E-state index in [0.29, 0.717) is 0 Å². The van der Waals surface area contributed by atoms with E-state index in [9.17, 15) is 9.90 Å². The Labute approximate surface area is 131 Å². The Kier molecular flexibility index (Phi) is 5.78. The molecule has 4 nitrogen and oxygen atoms in total. The molecule has 0 radical (unpaired) electrons. The third-order valence-electron chi connectivity index (χ3n) is 4.02. The summed E-state index contributed by atoms with van der Waals surface area (Å²) in [5, 5.41) is 12.9. The molecule has 2 aromatic rings. The maximum atomic E-state index is 12.3. The molecular formula is C18H23NO3. The van der Waals surface area contributed by atoms with Crippen LogP contribution < -0.4 is 5.32 Å². The van der Waals surface area contributed by atoms with Crippen LogP contribution in [-0.2, 0) is 0 Å². The van der Waals surface area contributed by atoms with Crippen molar-refractivity contribution in [2.75, 3.05) is 6.54 Å². The van der Waals surface area contributed by atoms with Crippen molar-refractivity contribution >= 4 is 5.91 Å². The van der Waals surface area contributed by atoms with Crippen LogP contribution in [0, 0.1) is 5.92 Å². The van der Waals surface area contributed by atoms with Crippen LogP contribution in [-0.4, -0.2) is 23.7 Å². The first-order chi connectivity index (χ1) is 10.7. The normalized spacial score (nSPS) is 12.4. The van der Waals surface area contributed by atoms with Gasteiger partial charge >= 0.3 is 0 Å². The van der Waals surface area contributed by atoms with Crippen LogP contribution in [0.2, 0.25) is 0 Å². The SMILES string of the molecule is CCC(CC)C(O)CNC(=O)c1occc1-c1ccccc1. The number of carbonyl (C=O) groups excluding carboxylic acids is 1. The minimum absolute atomic E-state index is 0.200. The van der Waals surface area contributed by atoms with Crippen molar-refractivity contribution < 1.29 is 14.3 Å². The highest BCUT2D eigenvalue weighted by molar-refractivity contribution is 5.98. The summed E-state index contributed by atoms with van der Waals surface area (Å²) < 4.78 is 5.33. The summed E-state index contributed by atoms with van der Waals surface area (Å²) in [5.74, 6) is 0.183. The second kappa shape index (κ2) is 7.80. The maximum absolute atomic E-state index is 12.3. The molecule has 1 aromatic heterocycles. The minimum Gasteiger partial charge on any atom is -0.459 e. The van der Waals surface area contributed by atoms with Crippen molar-refractivity contribution in [3.05, 3.63) is 48.4 Å². The molecule has 118 valence electrons. The minimum atomic E-state index is -0.533. The van der Waals surface area contributed by atoms with Crippen LogP contribution in [0.15, 0.2) is 47.1 Å². The summed E-state index contributed by atoms with van der Waals surface area (Å²) in [4.78, 5) is 12.3. The number of amides is 1. The van der Waals surface area contributed by atoms with Gasteiger partial charge < -0.3 is 14.8 Å². The van der Waals surface area contributed by atoms with E-state index in [1.807, 2.05) is 44.2 Å². The Morgan fingerprint density at radius 2 is 1.86 bits per heavy atom. The fraction of sp³-hybridized carbons (Fsp3) is 0.389. The molecule has 0 saturated heterocycles. The molecule has 0 bridgehead atoms. The van der Waals surface area contributed by atoms with Crippen molar-refractivity contribution in [1.82, 2.24) is 5.32 Å². The molecule has 4 heteroatoms. The van der Waals surface area contributed by atoms with Crippen LogP contribution >= 0.6 is 0 Å². The number of aliphatic hydroxyl groups is 1. The van der Waals surface area contributed by atoms with Crippen LogP contribution in [0.3, 0.4) is 0 Å². The molecule has 1 atom stereocenters. The lowest BCUT2D eigenvalue weighted by atomic mass is 9.96. The molecule has 1 aromatic carbocycles. The average Bonchev–Trinajstić information content (AvgIpc) is 3.04. The van der Waals surface area contributed by atoms with E-state index >= 15 is 0 Å². The number of hydrogen-bond acceptors (Lipinski definition) is 3. The van der Waals surface area contributed by atoms with Crippen molar-refractivity contribution in [1.29, 1.82) is 0 Å². The van der Waals surface area contributed by atoms with Gasteiger partial charge in [-0.05, 0) is 17.5 Å². The Morgan fingerprint density at radius 1 is 1.18 bits per heavy atom. The number of furan rings is 1. The van der Waals surface area contributed by atoms with Gasteiger partial charge in [0.25, 0.3) is 5.91 Å². The zero-order valence-corrected chi connectivity index (χ0v) is 13.1. The van der Waals surface area contributed by atoms with Gasteiger partial charge in [0.2, 0.25) is 0 Å². The van der Waals surface area contributed by atoms with Crippen LogP contribution in [0.4, 0.5) is 0 Å². The molecule has 22 heavy (non-hydrogen) atoms. The summed E-state index contributed by atoms with van der Waals surface area (Å²) in [6.45, 7) is 4.32. The summed E-state index contributed by atoms with van der Waals surface area (Å²) >= 11 is 0. The number of nitrogens with one attached hydrogen (secondary N) is 1. The van der Waals surface area contributed by atoms with E-state index in [1.165, 1.54) is 6.26 Å². The highest BCUT2D eigenvalue weighted by Crippen LogP contribution is 2.24. The second-order valence-corrected chi connectivity index (χ2v) is 5.38. The van der Waals surface area contributed by atoms with E-state index in [0.717, 1.165) is 24.0 Å². The Morgan fingerprint density at radius 3 is 2.50 bits per heavy atom. The lowest BCUT2D eigenvalue weighted by molar-refractivity contribution is 0.0797. The van der Waals surface area contributed by atoms with E-state index in [4.69, 9.17) is 4.42 Å². The summed E-state index contributed by atoms with van der Waals surface area (Å²) in [7, 11) is 0. The quantitative estimate of drug-likeness (QED) is 0.823. The van der Waals surface area contributed by atoms with Gasteiger partial charge in [-0.1, -0.05) is 57.0 Å². The predicted octanol–water partition coefficient (Wildman–Crippen LogP) is 3.47. The molecule has 0 fully saturated rings. The Hall–Kier alpha value is -2.07. The van der Waals surface area contributed by atoms with Crippen LogP contribution in [0.5, 0.6) is 0 Å². The van der Waals surface area contributed by atoms with Gasteiger partial charge in [-0.25, -0.2) is 0 Å². The number of aliphatic hydroxyl groups excluding tert-OH is 1. The number of rotatable bonds is 7. The lowest BCUT2D eigenvalue weighted by Crippen LogP contribution is -2.36. The van der Waals surface area contributed by atoms with Crippen LogP contribution in [0.25, 0.3) is 11.1 Å². The van der Waals surface area contributed by atoms with E-state index < -0.39 is 6.10 Å². The average molecular weight is 301 g/mol. The fourth-order valence-corrected chi connectivity index (χ4v) is 2.61. The zero-order valence-electron chi connectivity index (χ0n) is 13.1. The standard InChI is InChI=1S/C18H23NO3/c1-3-13(4-2)16(20)12-19-18(21)17-15(10-11-22-17)14-8-6-5-7-9-14/h5-11,13,16,20H,3-4,12H2,1-2H3,(H,19,21). The molecule has 0 aliphatic rings. The number of hydrogen-bond donors (Lipinski definition) is 2. The zero-order chi connectivity index (χ0) is 15.9. The number of benzene rings is 1. The molecule has 0 aliphatic heterocycles. The predicted molar refractivity (Wildman–Crippen MR) is 86.6 cm³/mol. The Bertz CT molecular complexity index is 587. The first-order valence-electron chi connectivity index (χ1n) is 7.76. The molecular weight excluding hydrogens is 278 g/mol. The van der Waals surface area contributed by atoms with Crippen molar-refractivity contribution in [3.8, 4) is 11.1 Å². The first kappa shape index (κ1) is 16.3. The molecule has 1 heterocycles. The summed E-state index contributed by atoms with van der Waals surface area (Å²) in [6.07, 6.45) is 2.76. The third-order valence-corrected chi connectivity index (χ3v) is 4.02. The largest absolute Gasteiger partial charge is 0.459 e. The van der Waals surface area contributed by atoms with Gasteiger partial charge in [0.15, 0.2) is 5.76 Å². The Balaban J connectivity index is 2.04. The topological polar surface area (TPSA) is 62.5 Å². The number of carbonyl (C=O) groups is 1. The monoisotopic (exact) mass is 301 g/mol. The molecule has 2 rings (SSSR count). The highest BCUT2D eigenvalue weighted by Gasteiger charge is 2.20. The molecule has 0 spiro atoms. The van der Waals surface area contributed by atoms with Gasteiger partial charge in [0.05, 0.1) is 12.4 Å². The molecule has 1 unspecified atom stereocenters. The second-order valence-electron chi connectivity index (χ2n) is 5.38. The van der Waals surface area contributed by atoms with Gasteiger partial charge in [-0.3, -0.25) is 4.79 Å². The van der Waals surface area contributed by atoms with Crippen molar-refractivity contribution in [2.45, 2.75) is 32.8 Å². The van der Waals surface area contributed by atoms with Crippen molar-refractivity contribution in [3.63, 3.8) is 0 Å². The summed E-state index contributed by atoms with van der Waals surface area (Å²) in [6, 6.07) is 11.4. The molecule has 0 aliphatic carbocycles. The lowest BCUT2D eigenvalue weighted by Gasteiger charge is -2.20. The highest BCUT2D eigenvalue weighted by atomic mass is 16.3. The molecule has 1 amide bonds. The summed E-state index contributed by atoms with van der Waals surface area (Å²) in [5.41, 5.74) is 1.69. The van der Waals surface area contributed by atoms with E-state index in [2.05, 4.69) is 5.32 Å². The molecule has 2 N–H and O–H groups in total. The van der Waals surface area contributed by atoms with E-state index in [1.54, 1.807) is 6.07 Å². The maximum Gasteiger partial charge on any atom is 0.287 e. The first-order valence-corrected chi connectivity index (χ1v) is 7.76. The molecule has 0 saturated carbocycles. The van der Waals surface area contributed by atoms with Gasteiger partial charge in [0.1, 0.15) is 0 Å². The van der Waals surface area contributed by atoms with E-state index in [-0.39, 0.29) is 24.1 Å². The smallest absolute Gasteiger partial charge is 0.287 e. The van der Waals surface area contributed by atoms with Crippen LogP contribution in [0.1, 0.15) is 37.2 Å². The van der Waals surface area contributed by atoms with Crippen molar-refractivity contribution in [2.24, 2.45) is 5.92 Å². The van der Waals surface area contributed by atoms with Gasteiger partial charge in [0, 0.05) is 12.1 Å². The van der Waals surface area contributed by atoms with Gasteiger partial charge in [-0.15, -0.1) is 0 Å².